The minimum atomic E-state index is -0.305. The lowest BCUT2D eigenvalue weighted by atomic mass is 10.1. The summed E-state index contributed by atoms with van der Waals surface area (Å²) < 4.78 is 6.58. The number of hydrogen-bond donors (Lipinski definition) is 0. The predicted octanol–water partition coefficient (Wildman–Crippen LogP) is 3.70. The Labute approximate surface area is 99.9 Å². The van der Waals surface area contributed by atoms with Crippen LogP contribution in [-0.2, 0) is 4.74 Å². The largest absolute Gasteiger partial charge is 0.462 e. The summed E-state index contributed by atoms with van der Waals surface area (Å²) in [7, 11) is 0. The van der Waals surface area contributed by atoms with Gasteiger partial charge in [0.05, 0.1) is 12.2 Å². The molecule has 0 N–H and O–H groups in total. The molecule has 0 radical (unpaired) electrons. The third-order valence-electron chi connectivity index (χ3n) is 1.74. The number of carbonyl (C=O) groups is 1. The van der Waals surface area contributed by atoms with Crippen molar-refractivity contribution in [1.29, 1.82) is 0 Å². The summed E-state index contributed by atoms with van der Waals surface area (Å²) in [4.78, 5) is 11.5. The Morgan fingerprint density at radius 1 is 1.36 bits per heavy atom. The van der Waals surface area contributed by atoms with Crippen LogP contribution in [0.3, 0.4) is 0 Å². The highest BCUT2D eigenvalue weighted by molar-refractivity contribution is 9.11. The van der Waals surface area contributed by atoms with Gasteiger partial charge in [-0.15, -0.1) is 0 Å². The van der Waals surface area contributed by atoms with Gasteiger partial charge in [-0.3, -0.25) is 0 Å². The molecular weight excluding hydrogens is 312 g/mol. The van der Waals surface area contributed by atoms with Crippen LogP contribution >= 0.6 is 31.9 Å². The van der Waals surface area contributed by atoms with E-state index in [0.29, 0.717) is 12.2 Å². The predicted molar refractivity (Wildman–Crippen MR) is 62.5 cm³/mol. The highest BCUT2D eigenvalue weighted by Gasteiger charge is 2.12. The van der Waals surface area contributed by atoms with E-state index in [2.05, 4.69) is 31.9 Å². The number of halogens is 2. The van der Waals surface area contributed by atoms with Gasteiger partial charge in [0, 0.05) is 8.95 Å². The Bertz CT molecular complexity index is 361. The van der Waals surface area contributed by atoms with Crippen molar-refractivity contribution in [2.45, 2.75) is 13.8 Å². The highest BCUT2D eigenvalue weighted by Crippen LogP contribution is 2.25. The Hall–Kier alpha value is -0.350. The van der Waals surface area contributed by atoms with Crippen LogP contribution in [0.1, 0.15) is 22.8 Å². The van der Waals surface area contributed by atoms with Crippen molar-refractivity contribution < 1.29 is 9.53 Å². The molecule has 0 aromatic heterocycles. The van der Waals surface area contributed by atoms with E-state index in [1.54, 1.807) is 13.0 Å². The van der Waals surface area contributed by atoms with Crippen molar-refractivity contribution in [3.05, 3.63) is 32.2 Å². The average Bonchev–Trinajstić information content (AvgIpc) is 2.11. The lowest BCUT2D eigenvalue weighted by Crippen LogP contribution is -2.05. The third kappa shape index (κ3) is 2.58. The summed E-state index contributed by atoms with van der Waals surface area (Å²) in [5.74, 6) is -0.305. The quantitative estimate of drug-likeness (QED) is 0.776. The van der Waals surface area contributed by atoms with Crippen LogP contribution in [0.15, 0.2) is 21.1 Å². The van der Waals surface area contributed by atoms with E-state index in [9.17, 15) is 4.79 Å². The van der Waals surface area contributed by atoms with Crippen molar-refractivity contribution in [2.24, 2.45) is 0 Å². The van der Waals surface area contributed by atoms with E-state index < -0.39 is 0 Å². The van der Waals surface area contributed by atoms with Gasteiger partial charge < -0.3 is 4.74 Å². The fraction of sp³-hybridized carbons (Fsp3) is 0.300. The second kappa shape index (κ2) is 4.94. The Balaban J connectivity index is 3.09. The van der Waals surface area contributed by atoms with Crippen LogP contribution in [0.5, 0.6) is 0 Å². The summed E-state index contributed by atoms with van der Waals surface area (Å²) in [5, 5.41) is 0. The molecule has 1 rings (SSSR count). The third-order valence-corrected chi connectivity index (χ3v) is 3.25. The molecule has 0 heterocycles. The van der Waals surface area contributed by atoms with Crippen molar-refractivity contribution in [1.82, 2.24) is 0 Å². The van der Waals surface area contributed by atoms with E-state index in [0.717, 1.165) is 14.5 Å². The molecule has 0 fully saturated rings. The van der Waals surface area contributed by atoms with Crippen molar-refractivity contribution in [2.75, 3.05) is 6.61 Å². The van der Waals surface area contributed by atoms with Crippen LogP contribution in [-0.4, -0.2) is 12.6 Å². The lowest BCUT2D eigenvalue weighted by molar-refractivity contribution is 0.0525. The van der Waals surface area contributed by atoms with E-state index >= 15 is 0 Å². The molecule has 0 saturated heterocycles. The number of ether oxygens (including phenoxy) is 1. The van der Waals surface area contributed by atoms with Crippen LogP contribution in [0.2, 0.25) is 0 Å². The smallest absolute Gasteiger partial charge is 0.339 e. The molecule has 0 atom stereocenters. The Morgan fingerprint density at radius 3 is 2.57 bits per heavy atom. The molecule has 0 unspecified atom stereocenters. The second-order valence-electron chi connectivity index (χ2n) is 2.80. The standard InChI is InChI=1S/C10H10Br2O2/c1-3-14-10(13)7-5-8(11)6(2)4-9(7)12/h4-5H,3H2,1-2H3. The highest BCUT2D eigenvalue weighted by atomic mass is 79.9. The minimum absolute atomic E-state index is 0.305. The second-order valence-corrected chi connectivity index (χ2v) is 4.51. The molecule has 14 heavy (non-hydrogen) atoms. The van der Waals surface area contributed by atoms with E-state index in [4.69, 9.17) is 4.74 Å². The molecule has 0 saturated carbocycles. The topological polar surface area (TPSA) is 26.3 Å². The Kier molecular flexibility index (Phi) is 4.13. The van der Waals surface area contributed by atoms with E-state index in [1.807, 2.05) is 13.0 Å². The van der Waals surface area contributed by atoms with Gasteiger partial charge in [-0.1, -0.05) is 15.9 Å². The summed E-state index contributed by atoms with van der Waals surface area (Å²) in [6, 6.07) is 3.65. The molecule has 0 aliphatic heterocycles. The lowest BCUT2D eigenvalue weighted by Gasteiger charge is -2.06. The fourth-order valence-corrected chi connectivity index (χ4v) is 1.97. The molecule has 1 aromatic rings. The maximum atomic E-state index is 11.5. The number of carbonyl (C=O) groups excluding carboxylic acids is 1. The molecule has 76 valence electrons. The van der Waals surface area contributed by atoms with Gasteiger partial charge in [0.1, 0.15) is 0 Å². The SMILES string of the molecule is CCOC(=O)c1cc(Br)c(C)cc1Br. The average molecular weight is 322 g/mol. The van der Waals surface area contributed by atoms with Gasteiger partial charge in [0.25, 0.3) is 0 Å². The van der Waals surface area contributed by atoms with Crippen LogP contribution < -0.4 is 0 Å². The van der Waals surface area contributed by atoms with Crippen molar-refractivity contribution in [3.8, 4) is 0 Å². The van der Waals surface area contributed by atoms with Crippen LogP contribution in [0, 0.1) is 6.92 Å². The molecule has 0 bridgehead atoms. The molecule has 4 heteroatoms. The zero-order valence-corrected chi connectivity index (χ0v) is 11.1. The molecule has 0 aliphatic carbocycles. The number of hydrogen-bond acceptors (Lipinski definition) is 2. The molecule has 0 spiro atoms. The fourth-order valence-electron chi connectivity index (χ4n) is 1.01. The summed E-state index contributed by atoms with van der Waals surface area (Å²) >= 11 is 6.70. The van der Waals surface area contributed by atoms with Gasteiger partial charge in [0.2, 0.25) is 0 Å². The van der Waals surface area contributed by atoms with Crippen LogP contribution in [0.25, 0.3) is 0 Å². The maximum absolute atomic E-state index is 11.5. The van der Waals surface area contributed by atoms with Gasteiger partial charge >= 0.3 is 5.97 Å². The molecule has 2 nitrogen and oxygen atoms in total. The van der Waals surface area contributed by atoms with E-state index in [1.165, 1.54) is 0 Å². The number of aryl methyl sites for hydroxylation is 1. The molecular formula is C10H10Br2O2. The zero-order valence-electron chi connectivity index (χ0n) is 7.93. The normalized spacial score (nSPS) is 10.0. The van der Waals surface area contributed by atoms with Crippen molar-refractivity contribution >= 4 is 37.8 Å². The monoisotopic (exact) mass is 320 g/mol. The summed E-state index contributed by atoms with van der Waals surface area (Å²) in [6.45, 7) is 4.13. The van der Waals surface area contributed by atoms with Crippen LogP contribution in [0.4, 0.5) is 0 Å². The van der Waals surface area contributed by atoms with E-state index in [-0.39, 0.29) is 5.97 Å². The minimum Gasteiger partial charge on any atom is -0.462 e. The number of benzene rings is 1. The van der Waals surface area contributed by atoms with Gasteiger partial charge in [-0.2, -0.15) is 0 Å². The first-order chi connectivity index (χ1) is 6.56. The summed E-state index contributed by atoms with van der Waals surface area (Å²) in [5.41, 5.74) is 1.62. The first kappa shape index (κ1) is 11.7. The summed E-state index contributed by atoms with van der Waals surface area (Å²) in [6.07, 6.45) is 0. The number of esters is 1. The van der Waals surface area contributed by atoms with Gasteiger partial charge in [-0.25, -0.2) is 4.79 Å². The molecule has 1 aromatic carbocycles. The zero-order chi connectivity index (χ0) is 10.7. The maximum Gasteiger partial charge on any atom is 0.339 e. The number of rotatable bonds is 2. The molecule has 0 amide bonds. The van der Waals surface area contributed by atoms with Gasteiger partial charge in [-0.05, 0) is 47.5 Å². The van der Waals surface area contributed by atoms with Crippen molar-refractivity contribution in [3.63, 3.8) is 0 Å². The first-order valence-electron chi connectivity index (χ1n) is 4.19. The Morgan fingerprint density at radius 2 is 2.00 bits per heavy atom. The molecule has 0 aliphatic rings. The first-order valence-corrected chi connectivity index (χ1v) is 5.77. The van der Waals surface area contributed by atoms with Gasteiger partial charge in [0.15, 0.2) is 0 Å².